The first kappa shape index (κ1) is 17.2. The van der Waals surface area contributed by atoms with E-state index in [0.29, 0.717) is 18.7 Å². The van der Waals surface area contributed by atoms with E-state index in [4.69, 9.17) is 0 Å². The molecule has 0 saturated carbocycles. The van der Waals surface area contributed by atoms with E-state index in [-0.39, 0.29) is 0 Å². The molecule has 0 radical (unpaired) electrons. The van der Waals surface area contributed by atoms with Gasteiger partial charge in [-0.15, -0.1) is 0 Å². The third-order valence-electron chi connectivity index (χ3n) is 5.43. The minimum Gasteiger partial charge on any atom is -0.395 e. The van der Waals surface area contributed by atoms with Crippen molar-refractivity contribution in [2.75, 3.05) is 45.9 Å². The minimum atomic E-state index is 0.339. The Morgan fingerprint density at radius 3 is 2.76 bits per heavy atom. The second-order valence-electron chi connectivity index (χ2n) is 6.94. The zero-order chi connectivity index (χ0) is 15.1. The topological polar surface area (TPSA) is 38.7 Å². The molecule has 2 aliphatic heterocycles. The van der Waals surface area contributed by atoms with Gasteiger partial charge in [-0.25, -0.2) is 0 Å². The van der Waals surface area contributed by atoms with E-state index in [1.807, 2.05) is 0 Å². The number of likely N-dealkylation sites (tertiary alicyclic amines) is 2. The quantitative estimate of drug-likeness (QED) is 0.667. The summed E-state index contributed by atoms with van der Waals surface area (Å²) in [5.74, 6) is 0.774. The molecular weight excluding hydrogens is 262 g/mol. The maximum absolute atomic E-state index is 9.32. The molecule has 124 valence electrons. The number of nitrogens with zero attached hydrogens (tertiary/aromatic N) is 2. The highest BCUT2D eigenvalue weighted by Gasteiger charge is 2.25. The fourth-order valence-electron chi connectivity index (χ4n) is 3.95. The number of piperidine rings is 1. The number of aliphatic hydroxyl groups is 1. The molecule has 0 spiro atoms. The van der Waals surface area contributed by atoms with Crippen LogP contribution in [0.1, 0.15) is 46.0 Å². The average Bonchev–Trinajstić information content (AvgIpc) is 2.95. The van der Waals surface area contributed by atoms with Crippen molar-refractivity contribution in [2.45, 2.75) is 58.0 Å². The van der Waals surface area contributed by atoms with E-state index in [2.05, 4.69) is 29.0 Å². The Hall–Kier alpha value is -0.160. The van der Waals surface area contributed by atoms with Gasteiger partial charge in [0.05, 0.1) is 6.61 Å². The van der Waals surface area contributed by atoms with Gasteiger partial charge in [-0.2, -0.15) is 0 Å². The molecule has 2 heterocycles. The summed E-state index contributed by atoms with van der Waals surface area (Å²) in [5.41, 5.74) is 0. The first-order valence-corrected chi connectivity index (χ1v) is 9.05. The Morgan fingerprint density at radius 1 is 1.19 bits per heavy atom. The number of hydrogen-bond donors (Lipinski definition) is 2. The van der Waals surface area contributed by atoms with Gasteiger partial charge in [-0.05, 0) is 70.7 Å². The lowest BCUT2D eigenvalue weighted by Gasteiger charge is -2.37. The van der Waals surface area contributed by atoms with Crippen LogP contribution in [-0.4, -0.2) is 72.9 Å². The van der Waals surface area contributed by atoms with Crippen molar-refractivity contribution in [2.24, 2.45) is 5.92 Å². The fourth-order valence-corrected chi connectivity index (χ4v) is 3.95. The van der Waals surface area contributed by atoms with Crippen LogP contribution in [0.3, 0.4) is 0 Å². The molecule has 0 amide bonds. The van der Waals surface area contributed by atoms with Crippen LogP contribution in [-0.2, 0) is 0 Å². The lowest BCUT2D eigenvalue weighted by atomic mass is 9.94. The van der Waals surface area contributed by atoms with E-state index in [1.54, 1.807) is 0 Å². The largest absolute Gasteiger partial charge is 0.395 e. The third kappa shape index (κ3) is 5.20. The summed E-state index contributed by atoms with van der Waals surface area (Å²) in [5, 5.41) is 13.1. The van der Waals surface area contributed by atoms with Crippen molar-refractivity contribution in [3.05, 3.63) is 0 Å². The van der Waals surface area contributed by atoms with E-state index in [9.17, 15) is 5.11 Å². The van der Waals surface area contributed by atoms with Crippen LogP contribution in [0.4, 0.5) is 0 Å². The number of nitrogens with one attached hydrogen (secondary N) is 1. The van der Waals surface area contributed by atoms with Gasteiger partial charge < -0.3 is 15.3 Å². The number of hydrogen-bond acceptors (Lipinski definition) is 4. The maximum atomic E-state index is 9.32. The molecule has 3 atom stereocenters. The summed E-state index contributed by atoms with van der Waals surface area (Å²) >= 11 is 0. The second kappa shape index (κ2) is 9.09. The van der Waals surface area contributed by atoms with E-state index < -0.39 is 0 Å². The highest BCUT2D eigenvalue weighted by molar-refractivity contribution is 4.82. The highest BCUT2D eigenvalue weighted by atomic mass is 16.3. The van der Waals surface area contributed by atoms with Crippen molar-refractivity contribution >= 4 is 0 Å². The monoisotopic (exact) mass is 297 g/mol. The van der Waals surface area contributed by atoms with Crippen LogP contribution < -0.4 is 5.32 Å². The standard InChI is InChI=1S/C17H35N3O/c1-3-19-12-8-17(15(2)13-19)18-9-4-5-10-20-11-6-7-16(20)14-21/h15-18,21H,3-14H2,1-2H3. The predicted molar refractivity (Wildman–Crippen MR) is 88.6 cm³/mol. The van der Waals surface area contributed by atoms with Crippen LogP contribution in [0.5, 0.6) is 0 Å². The first-order chi connectivity index (χ1) is 10.2. The first-order valence-electron chi connectivity index (χ1n) is 9.05. The zero-order valence-electron chi connectivity index (χ0n) is 14.1. The molecule has 2 N–H and O–H groups in total. The van der Waals surface area contributed by atoms with E-state index in [0.717, 1.165) is 19.0 Å². The van der Waals surface area contributed by atoms with Gasteiger partial charge in [0.15, 0.2) is 0 Å². The Labute approximate surface area is 130 Å². The third-order valence-corrected chi connectivity index (χ3v) is 5.43. The molecule has 4 heteroatoms. The predicted octanol–water partition coefficient (Wildman–Crippen LogP) is 1.54. The van der Waals surface area contributed by atoms with Crippen molar-refractivity contribution < 1.29 is 5.11 Å². The van der Waals surface area contributed by atoms with Crippen LogP contribution in [0, 0.1) is 5.92 Å². The van der Waals surface area contributed by atoms with Crippen molar-refractivity contribution in [1.29, 1.82) is 0 Å². The summed E-state index contributed by atoms with van der Waals surface area (Å²) in [7, 11) is 0. The van der Waals surface area contributed by atoms with Gasteiger partial charge in [0.1, 0.15) is 0 Å². The minimum absolute atomic E-state index is 0.339. The van der Waals surface area contributed by atoms with Crippen LogP contribution in [0.25, 0.3) is 0 Å². The fraction of sp³-hybridized carbons (Fsp3) is 1.00. The molecule has 3 unspecified atom stereocenters. The number of aliphatic hydroxyl groups excluding tert-OH is 1. The Bertz CT molecular complexity index is 287. The number of unbranched alkanes of at least 4 members (excludes halogenated alkanes) is 1. The normalized spacial score (nSPS) is 31.9. The van der Waals surface area contributed by atoms with Crippen LogP contribution in [0.2, 0.25) is 0 Å². The van der Waals surface area contributed by atoms with Gasteiger partial charge in [-0.1, -0.05) is 13.8 Å². The smallest absolute Gasteiger partial charge is 0.0586 e. The zero-order valence-corrected chi connectivity index (χ0v) is 14.1. The molecular formula is C17H35N3O. The average molecular weight is 297 g/mol. The van der Waals surface area contributed by atoms with E-state index >= 15 is 0 Å². The van der Waals surface area contributed by atoms with Gasteiger partial charge in [0.2, 0.25) is 0 Å². The van der Waals surface area contributed by atoms with Crippen molar-refractivity contribution in [1.82, 2.24) is 15.1 Å². The van der Waals surface area contributed by atoms with Gasteiger partial charge >= 0.3 is 0 Å². The Balaban J connectivity index is 1.54. The van der Waals surface area contributed by atoms with E-state index in [1.165, 1.54) is 58.3 Å². The molecule has 0 aliphatic carbocycles. The lowest BCUT2D eigenvalue weighted by Crippen LogP contribution is -2.48. The molecule has 0 aromatic carbocycles. The summed E-state index contributed by atoms with van der Waals surface area (Å²) in [4.78, 5) is 5.04. The molecule has 0 aromatic heterocycles. The summed E-state index contributed by atoms with van der Waals surface area (Å²) < 4.78 is 0. The van der Waals surface area contributed by atoms with Gasteiger partial charge in [-0.3, -0.25) is 4.90 Å². The SMILES string of the molecule is CCN1CCC(NCCCCN2CCCC2CO)C(C)C1. The van der Waals surface area contributed by atoms with Crippen molar-refractivity contribution in [3.8, 4) is 0 Å². The Morgan fingerprint density at radius 2 is 2.05 bits per heavy atom. The second-order valence-corrected chi connectivity index (χ2v) is 6.94. The highest BCUT2D eigenvalue weighted by Crippen LogP contribution is 2.18. The summed E-state index contributed by atoms with van der Waals surface area (Å²) in [6, 6.07) is 1.15. The molecule has 2 saturated heterocycles. The summed E-state index contributed by atoms with van der Waals surface area (Å²) in [6.07, 6.45) is 6.26. The molecule has 21 heavy (non-hydrogen) atoms. The Kier molecular flexibility index (Phi) is 7.44. The molecule has 2 rings (SSSR count). The number of rotatable bonds is 8. The molecule has 2 aliphatic rings. The lowest BCUT2D eigenvalue weighted by molar-refractivity contribution is 0.149. The maximum Gasteiger partial charge on any atom is 0.0586 e. The molecule has 0 aromatic rings. The van der Waals surface area contributed by atoms with Gasteiger partial charge in [0.25, 0.3) is 0 Å². The van der Waals surface area contributed by atoms with Gasteiger partial charge in [0, 0.05) is 18.6 Å². The summed E-state index contributed by atoms with van der Waals surface area (Å²) in [6.45, 7) is 12.2. The van der Waals surface area contributed by atoms with Crippen LogP contribution in [0.15, 0.2) is 0 Å². The molecule has 2 fully saturated rings. The van der Waals surface area contributed by atoms with Crippen molar-refractivity contribution in [3.63, 3.8) is 0 Å². The molecule has 4 nitrogen and oxygen atoms in total. The van der Waals surface area contributed by atoms with Crippen LogP contribution >= 0.6 is 0 Å². The molecule has 0 bridgehead atoms.